The lowest BCUT2D eigenvalue weighted by molar-refractivity contribution is -0.0499. The average molecular weight is 401 g/mol. The number of halogens is 5. The number of carboxylic acids is 1. The molecule has 27 heavy (non-hydrogen) atoms. The number of aromatic carboxylic acids is 1. The van der Waals surface area contributed by atoms with E-state index >= 15 is 0 Å². The van der Waals surface area contributed by atoms with Crippen molar-refractivity contribution in [1.29, 1.82) is 0 Å². The molecule has 0 fully saturated rings. The van der Waals surface area contributed by atoms with Crippen molar-refractivity contribution >= 4 is 17.6 Å². The molecule has 3 aromatic rings. The minimum Gasteiger partial charge on any atom is -0.476 e. The number of carboxylic acid groups (broad SMARTS) is 1. The van der Waals surface area contributed by atoms with Crippen LogP contribution in [-0.4, -0.2) is 27.5 Å². The van der Waals surface area contributed by atoms with Crippen LogP contribution in [0.4, 0.5) is 17.6 Å². The third kappa shape index (κ3) is 4.03. The number of alkyl halides is 2. The van der Waals surface area contributed by atoms with Crippen molar-refractivity contribution < 1.29 is 32.2 Å². The maximum Gasteiger partial charge on any atom is 0.387 e. The largest absolute Gasteiger partial charge is 0.476 e. The Balaban J connectivity index is 2.19. The Morgan fingerprint density at radius 3 is 2.52 bits per heavy atom. The van der Waals surface area contributed by atoms with Gasteiger partial charge in [0.05, 0.1) is 16.4 Å². The first-order chi connectivity index (χ1) is 12.7. The first-order valence-corrected chi connectivity index (χ1v) is 7.67. The van der Waals surface area contributed by atoms with E-state index in [1.807, 2.05) is 0 Å². The van der Waals surface area contributed by atoms with Gasteiger partial charge in [-0.15, -0.1) is 0 Å². The summed E-state index contributed by atoms with van der Waals surface area (Å²) in [7, 11) is 0. The van der Waals surface area contributed by atoms with E-state index < -0.39 is 35.7 Å². The molecular formula is C17H9ClF4N2O3. The van der Waals surface area contributed by atoms with Crippen molar-refractivity contribution in [2.24, 2.45) is 0 Å². The minimum absolute atomic E-state index is 0.0195. The van der Waals surface area contributed by atoms with E-state index in [2.05, 4.69) is 9.84 Å². The van der Waals surface area contributed by atoms with Gasteiger partial charge >= 0.3 is 12.6 Å². The van der Waals surface area contributed by atoms with E-state index in [0.29, 0.717) is 0 Å². The summed E-state index contributed by atoms with van der Waals surface area (Å²) in [6, 6.07) is 7.46. The van der Waals surface area contributed by atoms with E-state index in [1.165, 1.54) is 12.1 Å². The van der Waals surface area contributed by atoms with E-state index in [4.69, 9.17) is 11.6 Å². The van der Waals surface area contributed by atoms with Gasteiger partial charge in [-0.05, 0) is 36.4 Å². The zero-order valence-electron chi connectivity index (χ0n) is 13.2. The van der Waals surface area contributed by atoms with E-state index in [1.54, 1.807) is 0 Å². The smallest absolute Gasteiger partial charge is 0.387 e. The number of rotatable bonds is 5. The molecule has 0 atom stereocenters. The maximum atomic E-state index is 13.8. The molecule has 5 nitrogen and oxygen atoms in total. The molecule has 2 aromatic carbocycles. The molecule has 1 heterocycles. The van der Waals surface area contributed by atoms with Gasteiger partial charge in [0.25, 0.3) is 0 Å². The van der Waals surface area contributed by atoms with Crippen molar-refractivity contribution in [1.82, 2.24) is 9.78 Å². The number of benzene rings is 2. The monoisotopic (exact) mass is 400 g/mol. The van der Waals surface area contributed by atoms with Crippen LogP contribution < -0.4 is 4.74 Å². The van der Waals surface area contributed by atoms with Gasteiger partial charge in [-0.3, -0.25) is 0 Å². The molecule has 0 aliphatic heterocycles. The van der Waals surface area contributed by atoms with Crippen LogP contribution in [0, 0.1) is 11.6 Å². The summed E-state index contributed by atoms with van der Waals surface area (Å²) in [6.07, 6.45) is 0. The third-order valence-electron chi connectivity index (χ3n) is 3.47. The molecule has 0 unspecified atom stereocenters. The average Bonchev–Trinajstić information content (AvgIpc) is 3.02. The predicted molar refractivity (Wildman–Crippen MR) is 87.5 cm³/mol. The lowest BCUT2D eigenvalue weighted by Gasteiger charge is -2.10. The Bertz CT molecular complexity index is 1020. The van der Waals surface area contributed by atoms with E-state index in [9.17, 15) is 27.5 Å². The molecule has 0 saturated carbocycles. The Labute approximate surface area is 154 Å². The van der Waals surface area contributed by atoms with Gasteiger partial charge in [0.2, 0.25) is 0 Å². The van der Waals surface area contributed by atoms with Crippen LogP contribution in [0.15, 0.2) is 42.5 Å². The summed E-state index contributed by atoms with van der Waals surface area (Å²) >= 11 is 5.74. The standard InChI is InChI=1S/C17H9ClF4N2O3/c18-12-6-10(1-2-13(12)20)24-15(7-14(23-24)16(25)26)8-3-9(19)5-11(4-8)27-17(21)22/h1-7,17H,(H,25,26). The molecule has 0 saturated heterocycles. The number of aromatic nitrogens is 2. The van der Waals surface area contributed by atoms with Gasteiger partial charge in [0.1, 0.15) is 17.4 Å². The summed E-state index contributed by atoms with van der Waals surface area (Å²) in [5.74, 6) is -3.42. The summed E-state index contributed by atoms with van der Waals surface area (Å²) in [6.45, 7) is -3.17. The fourth-order valence-electron chi connectivity index (χ4n) is 2.39. The Morgan fingerprint density at radius 2 is 1.89 bits per heavy atom. The fraction of sp³-hybridized carbons (Fsp3) is 0.0588. The molecule has 140 valence electrons. The third-order valence-corrected chi connectivity index (χ3v) is 3.76. The highest BCUT2D eigenvalue weighted by Gasteiger charge is 2.18. The summed E-state index contributed by atoms with van der Waals surface area (Å²) in [4.78, 5) is 11.3. The highest BCUT2D eigenvalue weighted by atomic mass is 35.5. The van der Waals surface area contributed by atoms with Gasteiger partial charge in [-0.2, -0.15) is 13.9 Å². The van der Waals surface area contributed by atoms with Gasteiger partial charge in [0.15, 0.2) is 5.69 Å². The van der Waals surface area contributed by atoms with Crippen molar-refractivity contribution in [2.75, 3.05) is 0 Å². The maximum absolute atomic E-state index is 13.8. The second-order valence-corrected chi connectivity index (χ2v) is 5.69. The molecule has 1 aromatic heterocycles. The Morgan fingerprint density at radius 1 is 1.15 bits per heavy atom. The highest BCUT2D eigenvalue weighted by molar-refractivity contribution is 6.30. The summed E-state index contributed by atoms with van der Waals surface area (Å²) in [5, 5.41) is 12.8. The zero-order chi connectivity index (χ0) is 19.7. The first-order valence-electron chi connectivity index (χ1n) is 7.29. The number of hydrogen-bond acceptors (Lipinski definition) is 3. The normalized spacial score (nSPS) is 11.0. The van der Waals surface area contributed by atoms with E-state index in [0.717, 1.165) is 35.0 Å². The second-order valence-electron chi connectivity index (χ2n) is 5.28. The lowest BCUT2D eigenvalue weighted by atomic mass is 10.1. The molecule has 1 N–H and O–H groups in total. The minimum atomic E-state index is -3.17. The van der Waals surface area contributed by atoms with Crippen LogP contribution in [0.5, 0.6) is 5.75 Å². The van der Waals surface area contributed by atoms with Crippen molar-refractivity contribution in [3.05, 3.63) is 64.8 Å². The molecule has 0 bridgehead atoms. The van der Waals surface area contributed by atoms with Crippen LogP contribution in [0.25, 0.3) is 16.9 Å². The second kappa shape index (κ2) is 7.28. The first kappa shape index (κ1) is 18.7. The fourth-order valence-corrected chi connectivity index (χ4v) is 2.56. The van der Waals surface area contributed by atoms with Crippen LogP contribution in [-0.2, 0) is 0 Å². The topological polar surface area (TPSA) is 64.3 Å². The van der Waals surface area contributed by atoms with Crippen LogP contribution in [0.2, 0.25) is 5.02 Å². The molecule has 10 heteroatoms. The Hall–Kier alpha value is -3.07. The predicted octanol–water partition coefficient (Wildman–Crippen LogP) is 4.77. The number of nitrogens with zero attached hydrogens (tertiary/aromatic N) is 2. The number of hydrogen-bond donors (Lipinski definition) is 1. The molecule has 0 amide bonds. The Kier molecular flexibility index (Phi) is 5.04. The van der Waals surface area contributed by atoms with Gasteiger partial charge in [-0.1, -0.05) is 11.6 Å². The molecule has 3 rings (SSSR count). The van der Waals surface area contributed by atoms with Crippen LogP contribution in [0.1, 0.15) is 10.5 Å². The molecule has 0 spiro atoms. The van der Waals surface area contributed by atoms with Crippen LogP contribution in [0.3, 0.4) is 0 Å². The van der Waals surface area contributed by atoms with Crippen molar-refractivity contribution in [3.63, 3.8) is 0 Å². The van der Waals surface area contributed by atoms with Gasteiger partial charge < -0.3 is 9.84 Å². The molecular weight excluding hydrogens is 392 g/mol. The number of ether oxygens (including phenoxy) is 1. The van der Waals surface area contributed by atoms with Crippen LogP contribution >= 0.6 is 11.6 Å². The lowest BCUT2D eigenvalue weighted by Crippen LogP contribution is -2.04. The van der Waals surface area contributed by atoms with E-state index in [-0.39, 0.29) is 22.0 Å². The molecule has 0 aliphatic carbocycles. The zero-order valence-corrected chi connectivity index (χ0v) is 13.9. The molecule has 0 radical (unpaired) electrons. The summed E-state index contributed by atoms with van der Waals surface area (Å²) < 4.78 is 57.4. The van der Waals surface area contributed by atoms with Gasteiger partial charge in [-0.25, -0.2) is 18.3 Å². The quantitative estimate of drug-likeness (QED) is 0.627. The van der Waals surface area contributed by atoms with Crippen molar-refractivity contribution in [3.8, 4) is 22.7 Å². The summed E-state index contributed by atoms with van der Waals surface area (Å²) in [5.41, 5.74) is -0.143. The number of carbonyl (C=O) groups is 1. The highest BCUT2D eigenvalue weighted by Crippen LogP contribution is 2.30. The van der Waals surface area contributed by atoms with Gasteiger partial charge in [0, 0.05) is 11.6 Å². The van der Waals surface area contributed by atoms with Crippen molar-refractivity contribution in [2.45, 2.75) is 6.61 Å². The SMILES string of the molecule is O=C(O)c1cc(-c2cc(F)cc(OC(F)F)c2)n(-c2ccc(F)c(Cl)c2)n1. The molecule has 0 aliphatic rings.